The summed E-state index contributed by atoms with van der Waals surface area (Å²) in [4.78, 5) is 0. The summed E-state index contributed by atoms with van der Waals surface area (Å²) in [6.45, 7) is 5.39. The Hall–Kier alpha value is -0.380. The molecule has 2 rings (SSSR count). The molecule has 0 amide bonds. The van der Waals surface area contributed by atoms with Crippen molar-refractivity contribution in [2.45, 2.75) is 45.1 Å². The van der Waals surface area contributed by atoms with Crippen LogP contribution in [0.3, 0.4) is 0 Å². The Morgan fingerprint density at radius 3 is 2.80 bits per heavy atom. The average Bonchev–Trinajstić information content (AvgIpc) is 2.94. The van der Waals surface area contributed by atoms with Crippen LogP contribution in [0.4, 0.5) is 0 Å². The average molecular weight is 340 g/mol. The van der Waals surface area contributed by atoms with Crippen molar-refractivity contribution in [3.8, 4) is 0 Å². The van der Waals surface area contributed by atoms with Gasteiger partial charge >= 0.3 is 0 Å². The molecule has 112 valence electrons. The molecular weight excluding hydrogens is 314 g/mol. The molecule has 1 N–H and O–H groups in total. The van der Waals surface area contributed by atoms with E-state index in [1.165, 1.54) is 31.2 Å². The number of hydrogen-bond acceptors (Lipinski definition) is 2. The van der Waals surface area contributed by atoms with Gasteiger partial charge in [-0.3, -0.25) is 0 Å². The summed E-state index contributed by atoms with van der Waals surface area (Å²) in [5.74, 6) is 0.672. The topological polar surface area (TPSA) is 21.3 Å². The Morgan fingerprint density at radius 2 is 2.15 bits per heavy atom. The minimum Gasteiger partial charge on any atom is -0.378 e. The highest BCUT2D eigenvalue weighted by Crippen LogP contribution is 2.23. The van der Waals surface area contributed by atoms with E-state index in [9.17, 15) is 0 Å². The summed E-state index contributed by atoms with van der Waals surface area (Å²) in [5, 5.41) is 3.58. The fourth-order valence-electron chi connectivity index (χ4n) is 2.88. The number of halogens is 1. The summed E-state index contributed by atoms with van der Waals surface area (Å²) in [7, 11) is 0. The maximum atomic E-state index is 5.81. The van der Waals surface area contributed by atoms with Crippen molar-refractivity contribution in [1.82, 2.24) is 5.32 Å². The third kappa shape index (κ3) is 5.55. The molecule has 1 aromatic carbocycles. The molecule has 0 saturated carbocycles. The van der Waals surface area contributed by atoms with E-state index < -0.39 is 0 Å². The first-order valence-electron chi connectivity index (χ1n) is 7.84. The van der Waals surface area contributed by atoms with Gasteiger partial charge < -0.3 is 10.1 Å². The molecule has 1 heterocycles. The molecule has 0 bridgehead atoms. The molecule has 1 aliphatic heterocycles. The third-order valence-corrected chi connectivity index (χ3v) is 4.45. The number of nitrogens with one attached hydrogen (secondary N) is 1. The Morgan fingerprint density at radius 1 is 1.35 bits per heavy atom. The zero-order valence-electron chi connectivity index (χ0n) is 12.4. The first-order valence-corrected chi connectivity index (χ1v) is 8.64. The van der Waals surface area contributed by atoms with E-state index in [0.29, 0.717) is 12.0 Å². The van der Waals surface area contributed by atoms with E-state index in [2.05, 4.69) is 52.4 Å². The second-order valence-corrected chi connectivity index (χ2v) is 6.69. The lowest BCUT2D eigenvalue weighted by Gasteiger charge is -2.21. The van der Waals surface area contributed by atoms with E-state index in [0.717, 1.165) is 30.6 Å². The highest BCUT2D eigenvalue weighted by atomic mass is 79.9. The van der Waals surface area contributed by atoms with Crippen LogP contribution in [0, 0.1) is 5.92 Å². The Kier molecular flexibility index (Phi) is 7.05. The molecule has 0 aliphatic carbocycles. The van der Waals surface area contributed by atoms with Crippen molar-refractivity contribution in [1.29, 1.82) is 0 Å². The molecule has 1 saturated heterocycles. The Bertz CT molecular complexity index is 373. The molecule has 0 spiro atoms. The molecular formula is C17H26BrNO. The molecule has 3 heteroatoms. The minimum absolute atomic E-state index is 0.485. The molecule has 0 radical (unpaired) electrons. The third-order valence-electron chi connectivity index (χ3n) is 3.92. The standard InChI is InChI=1S/C17H26BrNO/c1-2-9-19-13-15(12-17-4-3-10-20-17)11-14-5-7-16(18)8-6-14/h5-8,15,17,19H,2-4,9-13H2,1H3. The summed E-state index contributed by atoms with van der Waals surface area (Å²) in [6, 6.07) is 8.73. The van der Waals surface area contributed by atoms with Crippen molar-refractivity contribution in [3.05, 3.63) is 34.3 Å². The molecule has 1 aliphatic rings. The summed E-state index contributed by atoms with van der Waals surface area (Å²) in [5.41, 5.74) is 1.43. The zero-order valence-corrected chi connectivity index (χ0v) is 14.0. The van der Waals surface area contributed by atoms with Crippen molar-refractivity contribution < 1.29 is 4.74 Å². The lowest BCUT2D eigenvalue weighted by atomic mass is 9.92. The van der Waals surface area contributed by atoms with Gasteiger partial charge in [-0.15, -0.1) is 0 Å². The van der Waals surface area contributed by atoms with E-state index in [-0.39, 0.29) is 0 Å². The number of ether oxygens (including phenoxy) is 1. The van der Waals surface area contributed by atoms with E-state index in [1.807, 2.05) is 0 Å². The number of hydrogen-bond donors (Lipinski definition) is 1. The summed E-state index contributed by atoms with van der Waals surface area (Å²) in [6.07, 6.45) is 6.49. The maximum absolute atomic E-state index is 5.81. The predicted octanol–water partition coefficient (Wildman–Crippen LogP) is 4.18. The molecule has 1 fully saturated rings. The van der Waals surface area contributed by atoms with Crippen LogP contribution in [0.5, 0.6) is 0 Å². The van der Waals surface area contributed by atoms with Crippen molar-refractivity contribution >= 4 is 15.9 Å². The number of benzene rings is 1. The van der Waals surface area contributed by atoms with Gasteiger partial charge in [-0.1, -0.05) is 35.0 Å². The summed E-state index contributed by atoms with van der Waals surface area (Å²) >= 11 is 3.50. The minimum atomic E-state index is 0.485. The highest BCUT2D eigenvalue weighted by Gasteiger charge is 2.20. The first-order chi connectivity index (χ1) is 9.78. The smallest absolute Gasteiger partial charge is 0.0579 e. The van der Waals surface area contributed by atoms with Gasteiger partial charge in [0, 0.05) is 11.1 Å². The number of rotatable bonds is 8. The lowest BCUT2D eigenvalue weighted by Crippen LogP contribution is -2.28. The Labute approximate surface area is 131 Å². The van der Waals surface area contributed by atoms with Gasteiger partial charge in [-0.05, 0) is 68.8 Å². The van der Waals surface area contributed by atoms with Crippen LogP contribution in [-0.2, 0) is 11.2 Å². The van der Waals surface area contributed by atoms with Crippen LogP contribution in [0.2, 0.25) is 0 Å². The van der Waals surface area contributed by atoms with Gasteiger partial charge in [0.05, 0.1) is 6.10 Å². The second kappa shape index (κ2) is 8.81. The van der Waals surface area contributed by atoms with Crippen LogP contribution >= 0.6 is 15.9 Å². The normalized spacial score (nSPS) is 20.2. The summed E-state index contributed by atoms with van der Waals surface area (Å²) < 4.78 is 6.97. The van der Waals surface area contributed by atoms with Gasteiger partial charge in [-0.25, -0.2) is 0 Å². The van der Waals surface area contributed by atoms with Gasteiger partial charge in [0.15, 0.2) is 0 Å². The highest BCUT2D eigenvalue weighted by molar-refractivity contribution is 9.10. The first kappa shape index (κ1) is 16.0. The molecule has 1 aromatic rings. The van der Waals surface area contributed by atoms with Crippen molar-refractivity contribution in [3.63, 3.8) is 0 Å². The lowest BCUT2D eigenvalue weighted by molar-refractivity contribution is 0.0893. The molecule has 2 atom stereocenters. The molecule has 2 unspecified atom stereocenters. The van der Waals surface area contributed by atoms with Crippen molar-refractivity contribution in [2.24, 2.45) is 5.92 Å². The fraction of sp³-hybridized carbons (Fsp3) is 0.647. The van der Waals surface area contributed by atoms with E-state index in [4.69, 9.17) is 4.74 Å². The monoisotopic (exact) mass is 339 g/mol. The predicted molar refractivity (Wildman–Crippen MR) is 88.1 cm³/mol. The van der Waals surface area contributed by atoms with Crippen molar-refractivity contribution in [2.75, 3.05) is 19.7 Å². The van der Waals surface area contributed by atoms with Crippen LogP contribution in [0.1, 0.15) is 38.2 Å². The molecule has 0 aromatic heterocycles. The van der Waals surface area contributed by atoms with Gasteiger partial charge in [0.25, 0.3) is 0 Å². The second-order valence-electron chi connectivity index (χ2n) is 5.77. The van der Waals surface area contributed by atoms with Crippen LogP contribution < -0.4 is 5.32 Å². The van der Waals surface area contributed by atoms with Gasteiger partial charge in [0.2, 0.25) is 0 Å². The van der Waals surface area contributed by atoms with Crippen LogP contribution in [0.25, 0.3) is 0 Å². The fourth-order valence-corrected chi connectivity index (χ4v) is 3.14. The van der Waals surface area contributed by atoms with E-state index in [1.54, 1.807) is 0 Å². The SMILES string of the molecule is CCCNCC(Cc1ccc(Br)cc1)CC1CCCO1. The quantitative estimate of drug-likeness (QED) is 0.717. The maximum Gasteiger partial charge on any atom is 0.0579 e. The molecule has 20 heavy (non-hydrogen) atoms. The van der Waals surface area contributed by atoms with Crippen LogP contribution in [0.15, 0.2) is 28.7 Å². The largest absolute Gasteiger partial charge is 0.378 e. The zero-order chi connectivity index (χ0) is 14.2. The molecule has 2 nitrogen and oxygen atoms in total. The van der Waals surface area contributed by atoms with Gasteiger partial charge in [0.1, 0.15) is 0 Å². The van der Waals surface area contributed by atoms with E-state index >= 15 is 0 Å². The van der Waals surface area contributed by atoms with Crippen LogP contribution in [-0.4, -0.2) is 25.8 Å². The Balaban J connectivity index is 1.88. The van der Waals surface area contributed by atoms with Gasteiger partial charge in [-0.2, -0.15) is 0 Å².